The van der Waals surface area contributed by atoms with Gasteiger partial charge in [-0.3, -0.25) is 0 Å². The minimum atomic E-state index is -0.924. The summed E-state index contributed by atoms with van der Waals surface area (Å²) in [6.45, 7) is 1.84. The van der Waals surface area contributed by atoms with E-state index in [9.17, 15) is 5.11 Å². The third-order valence-corrected chi connectivity index (χ3v) is 5.29. The number of aliphatic hydroxyl groups excluding tert-OH is 1. The predicted molar refractivity (Wildman–Crippen MR) is 118 cm³/mol. The molecule has 5 heteroatoms. The molecule has 3 aromatic carbocycles. The van der Waals surface area contributed by atoms with E-state index in [0.29, 0.717) is 0 Å². The predicted octanol–water partition coefficient (Wildman–Crippen LogP) is 3.72. The van der Waals surface area contributed by atoms with Gasteiger partial charge in [-0.05, 0) is 47.9 Å². The first-order chi connectivity index (χ1) is 14.5. The van der Waals surface area contributed by atoms with E-state index in [0.717, 1.165) is 28.2 Å². The maximum absolute atomic E-state index is 9.93. The van der Waals surface area contributed by atoms with E-state index in [-0.39, 0.29) is 6.61 Å². The highest BCUT2D eigenvalue weighted by atomic mass is 16.5. The summed E-state index contributed by atoms with van der Waals surface area (Å²) in [5, 5.41) is 9.93. The molecule has 158 valence electrons. The second-order valence-electron chi connectivity index (χ2n) is 7.22. The molecule has 0 unspecified atom stereocenters. The molecule has 2 atom stereocenters. The highest BCUT2D eigenvalue weighted by Gasteiger charge is 2.38. The number of methoxy groups -OCH3 is 2. The number of hydrogen-bond donors (Lipinski definition) is 2. The number of nitrogens with two attached hydrogens (primary N) is 1. The Bertz CT molecular complexity index is 861. The second kappa shape index (κ2) is 9.76. The molecule has 3 aromatic rings. The van der Waals surface area contributed by atoms with Crippen molar-refractivity contribution in [2.45, 2.75) is 24.7 Å². The summed E-state index contributed by atoms with van der Waals surface area (Å²) in [7, 11) is 3.28. The zero-order valence-corrected chi connectivity index (χ0v) is 17.6. The van der Waals surface area contributed by atoms with Gasteiger partial charge in [0.1, 0.15) is 17.1 Å². The fourth-order valence-electron chi connectivity index (χ4n) is 3.43. The van der Waals surface area contributed by atoms with Crippen LogP contribution < -0.4 is 15.2 Å². The molecule has 0 aliphatic rings. The first kappa shape index (κ1) is 21.8. The van der Waals surface area contributed by atoms with Crippen LogP contribution in [0.5, 0.6) is 11.5 Å². The summed E-state index contributed by atoms with van der Waals surface area (Å²) in [5.74, 6) is 1.52. The summed E-state index contributed by atoms with van der Waals surface area (Å²) in [6, 6.07) is 25.1. The lowest BCUT2D eigenvalue weighted by atomic mass is 9.80. The van der Waals surface area contributed by atoms with E-state index in [1.54, 1.807) is 21.1 Å². The molecule has 0 fully saturated rings. The van der Waals surface area contributed by atoms with Gasteiger partial charge in [0, 0.05) is 0 Å². The summed E-state index contributed by atoms with van der Waals surface area (Å²) in [6.07, 6.45) is -0.690. The largest absolute Gasteiger partial charge is 0.497 e. The molecule has 0 radical (unpaired) electrons. The van der Waals surface area contributed by atoms with Crippen molar-refractivity contribution in [1.82, 2.24) is 0 Å². The summed E-state index contributed by atoms with van der Waals surface area (Å²) >= 11 is 0. The lowest BCUT2D eigenvalue weighted by molar-refractivity contribution is -0.0131. The smallest absolute Gasteiger partial charge is 0.143 e. The van der Waals surface area contributed by atoms with E-state index >= 15 is 0 Å². The Hall–Kier alpha value is -2.86. The average molecular weight is 408 g/mol. The number of hydrogen-bond acceptors (Lipinski definition) is 5. The van der Waals surface area contributed by atoms with Crippen LogP contribution in [0.15, 0.2) is 78.9 Å². The number of rotatable bonds is 9. The Balaban J connectivity index is 2.20. The quantitative estimate of drug-likeness (QED) is 0.529. The Morgan fingerprint density at radius 3 is 1.60 bits per heavy atom. The van der Waals surface area contributed by atoms with Crippen LogP contribution in [0.2, 0.25) is 0 Å². The third kappa shape index (κ3) is 4.49. The monoisotopic (exact) mass is 407 g/mol. The molecule has 0 aromatic heterocycles. The van der Waals surface area contributed by atoms with Gasteiger partial charge in [0.15, 0.2) is 0 Å². The van der Waals surface area contributed by atoms with Gasteiger partial charge >= 0.3 is 0 Å². The Morgan fingerprint density at radius 1 is 0.767 bits per heavy atom. The lowest BCUT2D eigenvalue weighted by Crippen LogP contribution is -2.42. The molecule has 0 saturated carbocycles. The van der Waals surface area contributed by atoms with Crippen LogP contribution in [0, 0.1) is 0 Å². The average Bonchev–Trinajstić information content (AvgIpc) is 2.80. The molecular weight excluding hydrogens is 378 g/mol. The van der Waals surface area contributed by atoms with Crippen LogP contribution in [-0.4, -0.2) is 38.1 Å². The van der Waals surface area contributed by atoms with Crippen LogP contribution in [-0.2, 0) is 10.3 Å². The van der Waals surface area contributed by atoms with Gasteiger partial charge in [-0.1, -0.05) is 54.6 Å². The van der Waals surface area contributed by atoms with E-state index in [1.807, 2.05) is 78.9 Å². The topological polar surface area (TPSA) is 73.9 Å². The second-order valence-corrected chi connectivity index (χ2v) is 7.22. The van der Waals surface area contributed by atoms with Gasteiger partial charge in [0.2, 0.25) is 0 Å². The van der Waals surface area contributed by atoms with Gasteiger partial charge in [-0.2, -0.15) is 0 Å². The van der Waals surface area contributed by atoms with Crippen molar-refractivity contribution >= 4 is 0 Å². The Morgan fingerprint density at radius 2 is 1.20 bits per heavy atom. The van der Waals surface area contributed by atoms with Gasteiger partial charge in [-0.25, -0.2) is 0 Å². The van der Waals surface area contributed by atoms with Crippen molar-refractivity contribution in [3.05, 3.63) is 95.6 Å². The maximum atomic E-state index is 9.93. The molecular formula is C25H29NO4. The number of ether oxygens (including phenoxy) is 3. The van der Waals surface area contributed by atoms with Gasteiger partial charge < -0.3 is 25.1 Å². The van der Waals surface area contributed by atoms with Crippen LogP contribution in [0.1, 0.15) is 23.6 Å². The standard InChI is InChI=1S/C25H29NO4/c1-18(27)24(26)17-30-25(19-7-5-4-6-8-19,20-9-13-22(28-2)14-10-20)21-11-15-23(29-3)16-12-21/h4-16,18,24,27H,17,26H2,1-3H3/t18-,24-/m1/s1. The van der Waals surface area contributed by atoms with Crippen molar-refractivity contribution in [2.75, 3.05) is 20.8 Å². The van der Waals surface area contributed by atoms with Crippen molar-refractivity contribution in [2.24, 2.45) is 5.73 Å². The van der Waals surface area contributed by atoms with Crippen LogP contribution >= 0.6 is 0 Å². The van der Waals surface area contributed by atoms with E-state index in [1.165, 1.54) is 0 Å². The molecule has 0 bridgehead atoms. The molecule has 5 nitrogen and oxygen atoms in total. The van der Waals surface area contributed by atoms with E-state index < -0.39 is 17.7 Å². The highest BCUT2D eigenvalue weighted by Crippen LogP contribution is 2.41. The molecule has 0 spiro atoms. The van der Waals surface area contributed by atoms with Crippen molar-refractivity contribution in [3.63, 3.8) is 0 Å². The summed E-state index contributed by atoms with van der Waals surface area (Å²) in [4.78, 5) is 0. The maximum Gasteiger partial charge on any atom is 0.143 e. The lowest BCUT2D eigenvalue weighted by Gasteiger charge is -2.37. The minimum absolute atomic E-state index is 0.171. The molecule has 3 rings (SSSR count). The zero-order chi connectivity index (χ0) is 21.6. The first-order valence-electron chi connectivity index (χ1n) is 9.93. The molecule has 3 N–H and O–H groups in total. The Kier molecular flexibility index (Phi) is 7.11. The SMILES string of the molecule is COc1ccc(C(OC[C@@H](N)[C@@H](C)O)(c2ccccc2)c2ccc(OC)cc2)cc1. The molecule has 0 aliphatic heterocycles. The molecule has 0 saturated heterocycles. The third-order valence-electron chi connectivity index (χ3n) is 5.29. The van der Waals surface area contributed by atoms with Gasteiger partial charge in [0.25, 0.3) is 0 Å². The van der Waals surface area contributed by atoms with E-state index in [4.69, 9.17) is 19.9 Å². The molecule has 30 heavy (non-hydrogen) atoms. The summed E-state index contributed by atoms with van der Waals surface area (Å²) < 4.78 is 17.3. The number of aliphatic hydroxyl groups is 1. The fraction of sp³-hybridized carbons (Fsp3) is 0.280. The van der Waals surface area contributed by atoms with Crippen LogP contribution in [0.4, 0.5) is 0 Å². The van der Waals surface area contributed by atoms with Gasteiger partial charge in [-0.15, -0.1) is 0 Å². The zero-order valence-electron chi connectivity index (χ0n) is 17.6. The highest BCUT2D eigenvalue weighted by molar-refractivity contribution is 5.49. The summed E-state index contributed by atoms with van der Waals surface area (Å²) in [5.41, 5.74) is 8.02. The molecule has 0 amide bonds. The van der Waals surface area contributed by atoms with Crippen LogP contribution in [0.25, 0.3) is 0 Å². The van der Waals surface area contributed by atoms with Crippen LogP contribution in [0.3, 0.4) is 0 Å². The minimum Gasteiger partial charge on any atom is -0.497 e. The fourth-order valence-corrected chi connectivity index (χ4v) is 3.43. The van der Waals surface area contributed by atoms with Crippen molar-refractivity contribution in [3.8, 4) is 11.5 Å². The number of benzene rings is 3. The van der Waals surface area contributed by atoms with E-state index in [2.05, 4.69) is 0 Å². The van der Waals surface area contributed by atoms with Gasteiger partial charge in [0.05, 0.1) is 33.0 Å². The van der Waals surface area contributed by atoms with Crippen molar-refractivity contribution < 1.29 is 19.3 Å². The Labute approximate surface area is 178 Å². The van der Waals surface area contributed by atoms with Crippen molar-refractivity contribution in [1.29, 1.82) is 0 Å². The molecule has 0 heterocycles. The normalized spacial score (nSPS) is 13.5. The molecule has 0 aliphatic carbocycles. The first-order valence-corrected chi connectivity index (χ1v) is 9.93.